The lowest BCUT2D eigenvalue weighted by molar-refractivity contribution is -0.00521. The van der Waals surface area contributed by atoms with Crippen molar-refractivity contribution in [3.05, 3.63) is 76.5 Å². The number of morpholine rings is 1. The Labute approximate surface area is 186 Å². The minimum atomic E-state index is -0.0781. The van der Waals surface area contributed by atoms with Gasteiger partial charge in [-0.15, -0.1) is 23.1 Å². The molecule has 1 aromatic heterocycles. The maximum Gasteiger partial charge on any atom is 0.256 e. The first-order chi connectivity index (χ1) is 14.6. The van der Waals surface area contributed by atoms with E-state index in [0.717, 1.165) is 35.1 Å². The summed E-state index contributed by atoms with van der Waals surface area (Å²) < 4.78 is 5.82. The van der Waals surface area contributed by atoms with E-state index in [9.17, 15) is 4.79 Å². The van der Waals surface area contributed by atoms with Crippen molar-refractivity contribution < 1.29 is 9.53 Å². The zero-order chi connectivity index (χ0) is 20.9. The van der Waals surface area contributed by atoms with Crippen molar-refractivity contribution in [2.75, 3.05) is 23.3 Å². The van der Waals surface area contributed by atoms with Crippen molar-refractivity contribution in [1.29, 1.82) is 0 Å². The van der Waals surface area contributed by atoms with Gasteiger partial charge in [0.2, 0.25) is 0 Å². The highest BCUT2D eigenvalue weighted by Crippen LogP contribution is 2.29. The average molecular weight is 439 g/mol. The molecule has 0 aliphatic carbocycles. The number of rotatable bonds is 6. The fourth-order valence-corrected chi connectivity index (χ4v) is 5.49. The Kier molecular flexibility index (Phi) is 6.77. The molecule has 0 spiro atoms. The molecular weight excluding hydrogens is 412 g/mol. The molecule has 6 heteroatoms. The molecule has 1 N–H and O–H groups in total. The Morgan fingerprint density at radius 3 is 2.50 bits per heavy atom. The molecule has 30 heavy (non-hydrogen) atoms. The van der Waals surface area contributed by atoms with Gasteiger partial charge < -0.3 is 15.0 Å². The summed E-state index contributed by atoms with van der Waals surface area (Å²) in [4.78, 5) is 17.6. The van der Waals surface area contributed by atoms with E-state index in [1.54, 1.807) is 23.1 Å². The Bertz CT molecular complexity index is 963. The molecule has 3 aromatic rings. The van der Waals surface area contributed by atoms with E-state index in [0.29, 0.717) is 5.56 Å². The number of ether oxygens (including phenoxy) is 1. The number of nitrogens with zero attached hydrogens (tertiary/aromatic N) is 1. The highest BCUT2D eigenvalue weighted by molar-refractivity contribution is 7.98. The van der Waals surface area contributed by atoms with Crippen LogP contribution in [0.15, 0.2) is 70.9 Å². The first-order valence-corrected chi connectivity index (χ1v) is 12.0. The van der Waals surface area contributed by atoms with Crippen molar-refractivity contribution in [2.24, 2.45) is 0 Å². The maximum atomic E-state index is 12.9. The number of anilines is 2. The fraction of sp³-hybridized carbons (Fsp3) is 0.292. The lowest BCUT2D eigenvalue weighted by Crippen LogP contribution is -2.45. The lowest BCUT2D eigenvalue weighted by Gasteiger charge is -2.36. The predicted octanol–water partition coefficient (Wildman–Crippen LogP) is 5.91. The molecule has 2 unspecified atom stereocenters. The topological polar surface area (TPSA) is 41.6 Å². The number of benzene rings is 2. The van der Waals surface area contributed by atoms with Gasteiger partial charge in [0.05, 0.1) is 17.8 Å². The van der Waals surface area contributed by atoms with Crippen LogP contribution < -0.4 is 10.2 Å². The molecule has 2 atom stereocenters. The van der Waals surface area contributed by atoms with Crippen LogP contribution in [0.4, 0.5) is 11.4 Å². The number of thioether (sulfide) groups is 1. The monoisotopic (exact) mass is 438 g/mol. The van der Waals surface area contributed by atoms with Gasteiger partial charge in [0.1, 0.15) is 0 Å². The molecule has 1 amide bonds. The number of hydrogen-bond donors (Lipinski definition) is 1. The summed E-state index contributed by atoms with van der Waals surface area (Å²) in [7, 11) is 0. The summed E-state index contributed by atoms with van der Waals surface area (Å²) >= 11 is 3.44. The number of thiophene rings is 1. The van der Waals surface area contributed by atoms with Crippen LogP contribution >= 0.6 is 23.1 Å². The van der Waals surface area contributed by atoms with E-state index in [4.69, 9.17) is 4.74 Å². The van der Waals surface area contributed by atoms with E-state index < -0.39 is 0 Å². The van der Waals surface area contributed by atoms with Crippen LogP contribution in [0, 0.1) is 0 Å². The number of carbonyl (C=O) groups is 1. The van der Waals surface area contributed by atoms with Crippen molar-refractivity contribution in [1.82, 2.24) is 0 Å². The number of nitrogens with one attached hydrogen (secondary N) is 1. The quantitative estimate of drug-likeness (QED) is 0.486. The molecule has 1 aliphatic rings. The molecule has 1 aliphatic heterocycles. The summed E-state index contributed by atoms with van der Waals surface area (Å²) in [5.41, 5.74) is 2.66. The van der Waals surface area contributed by atoms with Gasteiger partial charge in [-0.25, -0.2) is 0 Å². The van der Waals surface area contributed by atoms with Gasteiger partial charge in [-0.05, 0) is 61.7 Å². The SMILES string of the molecule is CC1CN(c2ccc(NC(=O)c3ccccc3SCc3cccs3)cc2)CC(C)O1. The molecule has 156 valence electrons. The Hall–Kier alpha value is -2.28. The van der Waals surface area contributed by atoms with Crippen LogP contribution in [0.25, 0.3) is 0 Å². The third-order valence-electron chi connectivity index (χ3n) is 4.99. The standard InChI is InChI=1S/C24H26N2O2S2/c1-17-14-26(15-18(2)28-17)20-11-9-19(10-12-20)25-24(27)22-7-3-4-8-23(22)30-16-21-6-5-13-29-21/h3-13,17-18H,14-16H2,1-2H3,(H,25,27). The summed E-state index contributed by atoms with van der Waals surface area (Å²) in [5, 5.41) is 5.13. The minimum Gasteiger partial charge on any atom is -0.372 e. The smallest absolute Gasteiger partial charge is 0.256 e. The van der Waals surface area contributed by atoms with Gasteiger partial charge in [-0.3, -0.25) is 4.79 Å². The Balaban J connectivity index is 1.41. The minimum absolute atomic E-state index is 0.0781. The van der Waals surface area contributed by atoms with Crippen LogP contribution in [0.5, 0.6) is 0 Å². The lowest BCUT2D eigenvalue weighted by atomic mass is 10.1. The molecule has 1 saturated heterocycles. The molecule has 0 saturated carbocycles. The van der Waals surface area contributed by atoms with Gasteiger partial charge in [0.25, 0.3) is 5.91 Å². The third-order valence-corrected chi connectivity index (χ3v) is 7.17. The van der Waals surface area contributed by atoms with Crippen molar-refractivity contribution in [3.8, 4) is 0 Å². The molecule has 2 heterocycles. The van der Waals surface area contributed by atoms with Gasteiger partial charge in [-0.1, -0.05) is 18.2 Å². The second-order valence-electron chi connectivity index (χ2n) is 7.53. The summed E-state index contributed by atoms with van der Waals surface area (Å²) in [6, 6.07) is 20.0. The average Bonchev–Trinajstić information content (AvgIpc) is 3.26. The van der Waals surface area contributed by atoms with Crippen LogP contribution in [0.2, 0.25) is 0 Å². The zero-order valence-electron chi connectivity index (χ0n) is 17.2. The molecule has 0 bridgehead atoms. The molecule has 4 nitrogen and oxygen atoms in total. The van der Waals surface area contributed by atoms with Gasteiger partial charge in [0.15, 0.2) is 0 Å². The predicted molar refractivity (Wildman–Crippen MR) is 127 cm³/mol. The van der Waals surface area contributed by atoms with Crippen molar-refractivity contribution in [3.63, 3.8) is 0 Å². The van der Waals surface area contributed by atoms with Crippen LogP contribution in [0.1, 0.15) is 29.1 Å². The van der Waals surface area contributed by atoms with Crippen LogP contribution in [-0.2, 0) is 10.5 Å². The summed E-state index contributed by atoms with van der Waals surface area (Å²) in [5.74, 6) is 0.790. The van der Waals surface area contributed by atoms with E-state index in [1.807, 2.05) is 36.4 Å². The largest absolute Gasteiger partial charge is 0.372 e. The van der Waals surface area contributed by atoms with Crippen molar-refractivity contribution in [2.45, 2.75) is 36.7 Å². The Morgan fingerprint density at radius 1 is 1.07 bits per heavy atom. The zero-order valence-corrected chi connectivity index (χ0v) is 18.8. The first kappa shape index (κ1) is 21.0. The number of hydrogen-bond acceptors (Lipinski definition) is 5. The number of carbonyl (C=O) groups excluding carboxylic acids is 1. The second-order valence-corrected chi connectivity index (χ2v) is 9.58. The van der Waals surface area contributed by atoms with Crippen LogP contribution in [-0.4, -0.2) is 31.2 Å². The maximum absolute atomic E-state index is 12.9. The Morgan fingerprint density at radius 2 is 1.80 bits per heavy atom. The molecule has 1 fully saturated rings. The second kappa shape index (κ2) is 9.69. The third kappa shape index (κ3) is 5.25. The highest BCUT2D eigenvalue weighted by Gasteiger charge is 2.22. The highest BCUT2D eigenvalue weighted by atomic mass is 32.2. The van der Waals surface area contributed by atoms with E-state index in [2.05, 4.69) is 53.7 Å². The van der Waals surface area contributed by atoms with E-state index in [1.165, 1.54) is 4.88 Å². The van der Waals surface area contributed by atoms with Crippen molar-refractivity contribution >= 4 is 40.4 Å². The fourth-order valence-electron chi connectivity index (χ4n) is 3.67. The summed E-state index contributed by atoms with van der Waals surface area (Å²) in [6.07, 6.45) is 0.438. The van der Waals surface area contributed by atoms with Gasteiger partial charge >= 0.3 is 0 Å². The molecule has 2 aromatic carbocycles. The molecule has 0 radical (unpaired) electrons. The van der Waals surface area contributed by atoms with Gasteiger partial charge in [-0.2, -0.15) is 0 Å². The van der Waals surface area contributed by atoms with Crippen LogP contribution in [0.3, 0.4) is 0 Å². The normalized spacial score (nSPS) is 18.9. The van der Waals surface area contributed by atoms with Gasteiger partial charge in [0, 0.05) is 40.0 Å². The van der Waals surface area contributed by atoms with E-state index >= 15 is 0 Å². The van der Waals surface area contributed by atoms with E-state index in [-0.39, 0.29) is 18.1 Å². The number of amides is 1. The molecular formula is C24H26N2O2S2. The first-order valence-electron chi connectivity index (χ1n) is 10.1. The summed E-state index contributed by atoms with van der Waals surface area (Å²) in [6.45, 7) is 5.96. The molecule has 4 rings (SSSR count).